The number of aliphatic carboxylic acids is 1. The predicted octanol–water partition coefficient (Wildman–Crippen LogP) is -8.37. The third-order valence-electron chi connectivity index (χ3n) is 16.2. The SMILES string of the molecule is CC(C)C[C@H](NC(=O)[C@H](CO)NC(=O)[C@H](CCCCN)NC(=O)[C@H](CCC(N)=O)NC(=O)[C@H](CCC(N)=O)NC(=O)[C@H](C)NC(=O)[C@H](CCC(N)=O)NC(=O)[C@@H]1CCCN1)C(=O)N[C@@H](CCC(N)=O)C(=O)N[C@@H](CCC(N)=O)C(=O)N[C@@H](CC(C)C)C(=O)N[C@@H](CC(C)C)C(=O)N[C@H](C(=O)O)[C@@H](C)O. The minimum atomic E-state index is -1.90. The number of hydrogen-bond donors (Lipinski definition) is 22. The third kappa shape index (κ3) is 36.4. The van der Waals surface area contributed by atoms with E-state index in [-0.39, 0.29) is 69.7 Å². The second kappa shape index (κ2) is 47.5. The Balaban J connectivity index is 3.60. The van der Waals surface area contributed by atoms with E-state index in [1.54, 1.807) is 41.5 Å². The predicted molar refractivity (Wildman–Crippen MR) is 370 cm³/mol. The summed E-state index contributed by atoms with van der Waals surface area (Å²) in [7, 11) is 0. The van der Waals surface area contributed by atoms with Gasteiger partial charge >= 0.3 is 5.97 Å². The third-order valence-corrected chi connectivity index (χ3v) is 16.2. The molecule has 40 nitrogen and oxygen atoms in total. The van der Waals surface area contributed by atoms with Gasteiger partial charge in [0.15, 0.2) is 6.04 Å². The normalized spacial score (nSPS) is 16.4. The first-order valence-corrected chi connectivity index (χ1v) is 34.6. The van der Waals surface area contributed by atoms with E-state index in [2.05, 4.69) is 69.1 Å². The molecule has 0 aromatic heterocycles. The average molecular weight is 1480 g/mol. The fourth-order valence-electron chi connectivity index (χ4n) is 10.5. The molecule has 1 rings (SSSR count). The second-order valence-corrected chi connectivity index (χ2v) is 26.9. The Labute approximate surface area is 602 Å². The Bertz CT molecular complexity index is 2980. The topological polar surface area (TPSA) is 680 Å². The van der Waals surface area contributed by atoms with E-state index in [1.165, 1.54) is 6.92 Å². The lowest BCUT2D eigenvalue weighted by Gasteiger charge is -2.29. The fourth-order valence-corrected chi connectivity index (χ4v) is 10.5. The van der Waals surface area contributed by atoms with E-state index in [0.29, 0.717) is 19.4 Å². The van der Waals surface area contributed by atoms with Crippen molar-refractivity contribution in [3.8, 4) is 0 Å². The summed E-state index contributed by atoms with van der Waals surface area (Å²) in [5.74, 6) is -19.4. The number of aliphatic hydroxyl groups excluding tert-OH is 2. The van der Waals surface area contributed by atoms with Crippen LogP contribution in [-0.4, -0.2) is 226 Å². The number of primary amides is 5. The van der Waals surface area contributed by atoms with Crippen LogP contribution < -0.4 is 104 Å². The fraction of sp³-hybridized carbons (Fsp3) is 0.719. The van der Waals surface area contributed by atoms with Crippen molar-refractivity contribution in [2.75, 3.05) is 19.7 Å². The van der Waals surface area contributed by atoms with Crippen molar-refractivity contribution in [2.45, 2.75) is 256 Å². The highest BCUT2D eigenvalue weighted by atomic mass is 16.4. The van der Waals surface area contributed by atoms with Gasteiger partial charge in [-0.25, -0.2) is 4.79 Å². The van der Waals surface area contributed by atoms with Crippen molar-refractivity contribution < 1.29 is 102 Å². The quantitative estimate of drug-likeness (QED) is 0.0252. The molecule has 0 bridgehead atoms. The van der Waals surface area contributed by atoms with E-state index < -0.39 is 255 Å². The van der Waals surface area contributed by atoms with Crippen molar-refractivity contribution in [2.24, 2.45) is 52.2 Å². The van der Waals surface area contributed by atoms with Crippen molar-refractivity contribution in [1.82, 2.24) is 69.1 Å². The molecule has 28 N–H and O–H groups in total. The van der Waals surface area contributed by atoms with Crippen molar-refractivity contribution in [3.63, 3.8) is 0 Å². The molecule has 40 heteroatoms. The molecular formula is C64H111N19O21. The number of hydrogen-bond acceptors (Lipinski definition) is 22. The molecule has 1 fully saturated rings. The molecule has 1 aliphatic heterocycles. The van der Waals surface area contributed by atoms with Crippen LogP contribution in [0.25, 0.3) is 0 Å². The first kappa shape index (κ1) is 92.3. The zero-order chi connectivity index (χ0) is 79.2. The summed E-state index contributed by atoms with van der Waals surface area (Å²) in [6.07, 6.45) is -5.32. The molecule has 588 valence electrons. The Morgan fingerprint density at radius 2 is 0.654 bits per heavy atom. The number of nitrogens with two attached hydrogens (primary N) is 6. The summed E-state index contributed by atoms with van der Waals surface area (Å²) in [6, 6.07) is -20.0. The molecule has 17 amide bonds. The lowest BCUT2D eigenvalue weighted by Crippen LogP contribution is -2.61. The summed E-state index contributed by atoms with van der Waals surface area (Å²) in [5, 5.41) is 62.1. The highest BCUT2D eigenvalue weighted by Gasteiger charge is 2.38. The molecule has 0 aromatic carbocycles. The number of aliphatic hydroxyl groups is 2. The first-order chi connectivity index (χ1) is 48.6. The minimum Gasteiger partial charge on any atom is -0.480 e. The van der Waals surface area contributed by atoms with Gasteiger partial charge in [0.1, 0.15) is 66.5 Å². The molecule has 1 heterocycles. The number of carboxylic acids is 1. The smallest absolute Gasteiger partial charge is 0.328 e. The molecule has 0 radical (unpaired) electrons. The largest absolute Gasteiger partial charge is 0.480 e. The molecule has 0 aromatic rings. The van der Waals surface area contributed by atoms with E-state index >= 15 is 0 Å². The van der Waals surface area contributed by atoms with Crippen molar-refractivity contribution in [3.05, 3.63) is 0 Å². The number of amides is 17. The Kier molecular flexibility index (Phi) is 42.2. The second-order valence-electron chi connectivity index (χ2n) is 26.9. The van der Waals surface area contributed by atoms with Gasteiger partial charge in [0.05, 0.1) is 18.8 Å². The number of carbonyl (C=O) groups excluding carboxylic acids is 17. The van der Waals surface area contributed by atoms with Crippen LogP contribution in [0.2, 0.25) is 0 Å². The number of nitrogens with one attached hydrogen (secondary N) is 13. The van der Waals surface area contributed by atoms with Gasteiger partial charge in [-0.1, -0.05) is 41.5 Å². The highest BCUT2D eigenvalue weighted by molar-refractivity contribution is 6.00. The maximum Gasteiger partial charge on any atom is 0.328 e. The molecule has 0 spiro atoms. The van der Waals surface area contributed by atoms with E-state index in [1.807, 2.05) is 0 Å². The van der Waals surface area contributed by atoms with Crippen LogP contribution in [0, 0.1) is 17.8 Å². The Morgan fingerprint density at radius 1 is 0.375 bits per heavy atom. The van der Waals surface area contributed by atoms with Gasteiger partial charge in [-0.05, 0) is 128 Å². The van der Waals surface area contributed by atoms with Gasteiger partial charge in [-0.2, -0.15) is 0 Å². The first-order valence-electron chi connectivity index (χ1n) is 34.6. The van der Waals surface area contributed by atoms with E-state index in [0.717, 1.165) is 6.92 Å². The van der Waals surface area contributed by atoms with Crippen LogP contribution in [0.1, 0.15) is 171 Å². The van der Waals surface area contributed by atoms with Gasteiger partial charge in [-0.15, -0.1) is 0 Å². The number of carbonyl (C=O) groups is 18. The number of carboxylic acid groups (broad SMARTS) is 1. The average Bonchev–Trinajstić information content (AvgIpc) is 0.975. The molecule has 0 unspecified atom stereocenters. The summed E-state index contributed by atoms with van der Waals surface area (Å²) >= 11 is 0. The van der Waals surface area contributed by atoms with Crippen LogP contribution in [0.4, 0.5) is 0 Å². The monoisotopic (exact) mass is 1480 g/mol. The lowest BCUT2D eigenvalue weighted by molar-refractivity contribution is -0.145. The highest BCUT2D eigenvalue weighted by Crippen LogP contribution is 2.15. The van der Waals surface area contributed by atoms with Gasteiger partial charge in [0.2, 0.25) is 100 Å². The molecule has 14 atom stereocenters. The standard InChI is InChI=1S/C64H111N19O21/c1-30(2)26-42(60(99)78-40(17-22-49(69)89)58(97)77-41(18-23-50(70)90)59(98)79-43(27-31(3)4)61(100)80-44(28-32(5)6)62(101)83-51(34(8)85)64(103)104)81-63(102)45(29-84)82-55(94)36(12-9-10-24-65)74-57(96)39(16-21-48(68)88)76-56(95)38(15-20-47(67)87)73-52(91)33(7)72-54(93)37(14-19-46(66)86)75-53(92)35-13-11-25-71-35/h30-45,51,71,84-85H,9-29,65H2,1-8H3,(H2,66,86)(H2,67,87)(H2,68,88)(H2,69,89)(H2,70,90)(H,72,93)(H,73,91)(H,74,96)(H,75,92)(H,76,95)(H,77,97)(H,78,99)(H,79,98)(H,80,100)(H,81,102)(H,82,94)(H,83,101)(H,103,104)/t33-,34+,35-,36-,37-,38-,39-,40-,41-,42-,43-,44-,45-,51-/m0/s1. The van der Waals surface area contributed by atoms with Gasteiger partial charge in [0.25, 0.3) is 0 Å². The van der Waals surface area contributed by atoms with E-state index in [4.69, 9.17) is 34.4 Å². The maximum atomic E-state index is 14.3. The lowest BCUT2D eigenvalue weighted by atomic mass is 9.99. The minimum absolute atomic E-state index is 0.0302. The molecule has 1 saturated heterocycles. The molecule has 0 aliphatic carbocycles. The zero-order valence-corrected chi connectivity index (χ0v) is 60.3. The molecule has 104 heavy (non-hydrogen) atoms. The van der Waals surface area contributed by atoms with Gasteiger partial charge in [-0.3, -0.25) is 81.5 Å². The van der Waals surface area contributed by atoms with Crippen molar-refractivity contribution >= 4 is 106 Å². The Morgan fingerprint density at radius 3 is 0.942 bits per heavy atom. The van der Waals surface area contributed by atoms with Crippen LogP contribution in [-0.2, 0) is 86.3 Å². The summed E-state index contributed by atoms with van der Waals surface area (Å²) in [6.45, 7) is 11.9. The Hall–Kier alpha value is -9.70. The number of unbranched alkanes of at least 4 members (excludes halogenated alkanes) is 1. The molecule has 1 aliphatic rings. The molecular weight excluding hydrogens is 1370 g/mol. The van der Waals surface area contributed by atoms with E-state index in [9.17, 15) is 102 Å². The van der Waals surface area contributed by atoms with Crippen molar-refractivity contribution in [1.29, 1.82) is 0 Å². The maximum absolute atomic E-state index is 14.3. The summed E-state index contributed by atoms with van der Waals surface area (Å²) in [5.41, 5.74) is 32.7. The summed E-state index contributed by atoms with van der Waals surface area (Å²) in [4.78, 5) is 239. The van der Waals surface area contributed by atoms with Gasteiger partial charge < -0.3 is 119 Å². The number of rotatable bonds is 52. The summed E-state index contributed by atoms with van der Waals surface area (Å²) < 4.78 is 0. The zero-order valence-electron chi connectivity index (χ0n) is 60.3. The van der Waals surface area contributed by atoms with Crippen LogP contribution >= 0.6 is 0 Å². The molecule has 0 saturated carbocycles. The van der Waals surface area contributed by atoms with Crippen LogP contribution in [0.3, 0.4) is 0 Å². The van der Waals surface area contributed by atoms with Gasteiger partial charge in [0, 0.05) is 32.1 Å². The van der Waals surface area contributed by atoms with Crippen LogP contribution in [0.15, 0.2) is 0 Å². The van der Waals surface area contributed by atoms with Crippen LogP contribution in [0.5, 0.6) is 0 Å².